The molecule has 0 N–H and O–H groups in total. The first-order valence-corrected chi connectivity index (χ1v) is 9.80. The fourth-order valence-corrected chi connectivity index (χ4v) is 4.64. The molecule has 0 spiro atoms. The van der Waals surface area contributed by atoms with E-state index in [0.717, 1.165) is 0 Å². The van der Waals surface area contributed by atoms with Gasteiger partial charge in [0.15, 0.2) is 5.17 Å². The van der Waals surface area contributed by atoms with Gasteiger partial charge in [-0.3, -0.25) is 9.69 Å². The van der Waals surface area contributed by atoms with Gasteiger partial charge in [-0.05, 0) is 30.7 Å². The van der Waals surface area contributed by atoms with E-state index in [-0.39, 0.29) is 21.2 Å². The molecule has 1 saturated heterocycles. The summed E-state index contributed by atoms with van der Waals surface area (Å²) in [5.41, 5.74) is 0.618. The van der Waals surface area contributed by atoms with E-state index in [1.54, 1.807) is 42.5 Å². The second kappa shape index (κ2) is 6.78. The highest BCUT2D eigenvalue weighted by molar-refractivity contribution is 8.16. The van der Waals surface area contributed by atoms with Gasteiger partial charge in [0.05, 0.1) is 15.8 Å². The SMILES string of the molecule is CC[C@H]1SC(=NS(=O)(=O)c2ccccc2)N(c2ccccc2)C1=O. The summed E-state index contributed by atoms with van der Waals surface area (Å²) in [6, 6.07) is 17.0. The summed E-state index contributed by atoms with van der Waals surface area (Å²) in [4.78, 5) is 14.1. The lowest BCUT2D eigenvalue weighted by molar-refractivity contribution is -0.116. The zero-order valence-corrected chi connectivity index (χ0v) is 14.6. The molecule has 1 aliphatic heterocycles. The maximum atomic E-state index is 12.6. The van der Waals surface area contributed by atoms with Gasteiger partial charge in [-0.1, -0.05) is 55.1 Å². The fourth-order valence-electron chi connectivity index (χ4n) is 2.35. The van der Waals surface area contributed by atoms with Gasteiger partial charge >= 0.3 is 0 Å². The lowest BCUT2D eigenvalue weighted by Gasteiger charge is -2.16. The minimum Gasteiger partial charge on any atom is -0.273 e. The second-order valence-corrected chi connectivity index (χ2v) is 7.96. The molecule has 0 unspecified atom stereocenters. The predicted octanol–water partition coefficient (Wildman–Crippen LogP) is 3.29. The van der Waals surface area contributed by atoms with Crippen LogP contribution in [0.5, 0.6) is 0 Å². The van der Waals surface area contributed by atoms with Crippen molar-refractivity contribution in [1.29, 1.82) is 0 Å². The molecule has 1 amide bonds. The first-order valence-electron chi connectivity index (χ1n) is 7.48. The number of amides is 1. The molecule has 2 aromatic rings. The zero-order chi connectivity index (χ0) is 17.2. The third-order valence-electron chi connectivity index (χ3n) is 3.56. The van der Waals surface area contributed by atoms with Crippen molar-refractivity contribution in [3.05, 3.63) is 60.7 Å². The molecule has 5 nitrogen and oxygen atoms in total. The monoisotopic (exact) mass is 360 g/mol. The summed E-state index contributed by atoms with van der Waals surface area (Å²) in [7, 11) is -3.87. The molecule has 3 rings (SSSR count). The van der Waals surface area contributed by atoms with Gasteiger partial charge in [0, 0.05) is 0 Å². The normalized spacial score (nSPS) is 19.9. The number of amidine groups is 1. The number of anilines is 1. The molecule has 1 fully saturated rings. The molecule has 24 heavy (non-hydrogen) atoms. The summed E-state index contributed by atoms with van der Waals surface area (Å²) in [6.07, 6.45) is 0.608. The molecular weight excluding hydrogens is 344 g/mol. The average molecular weight is 360 g/mol. The molecule has 0 radical (unpaired) electrons. The summed E-state index contributed by atoms with van der Waals surface area (Å²) < 4.78 is 29.0. The van der Waals surface area contributed by atoms with Crippen LogP contribution in [0.3, 0.4) is 0 Å². The van der Waals surface area contributed by atoms with Crippen LogP contribution in [-0.4, -0.2) is 24.7 Å². The van der Waals surface area contributed by atoms with Crippen LogP contribution in [0.15, 0.2) is 70.0 Å². The number of rotatable bonds is 4. The van der Waals surface area contributed by atoms with Crippen molar-refractivity contribution in [3.8, 4) is 0 Å². The van der Waals surface area contributed by atoms with Crippen molar-refractivity contribution in [3.63, 3.8) is 0 Å². The summed E-state index contributed by atoms with van der Waals surface area (Å²) in [5, 5.41) is -0.128. The molecule has 1 aliphatic rings. The van der Waals surface area contributed by atoms with Crippen molar-refractivity contribution in [1.82, 2.24) is 0 Å². The number of carbonyl (C=O) groups is 1. The molecule has 1 atom stereocenters. The van der Waals surface area contributed by atoms with Crippen molar-refractivity contribution < 1.29 is 13.2 Å². The Hall–Kier alpha value is -2.12. The van der Waals surface area contributed by atoms with Crippen LogP contribution in [0, 0.1) is 0 Å². The zero-order valence-electron chi connectivity index (χ0n) is 13.0. The van der Waals surface area contributed by atoms with Gasteiger partial charge in [0.1, 0.15) is 0 Å². The molecule has 0 aromatic heterocycles. The Bertz CT molecular complexity index is 865. The molecule has 124 valence electrons. The fraction of sp³-hybridized carbons (Fsp3) is 0.176. The maximum Gasteiger partial charge on any atom is 0.284 e. The van der Waals surface area contributed by atoms with E-state index in [1.165, 1.54) is 28.8 Å². The van der Waals surface area contributed by atoms with Crippen molar-refractivity contribution in [2.24, 2.45) is 4.40 Å². The number of sulfonamides is 1. The number of hydrogen-bond acceptors (Lipinski definition) is 4. The van der Waals surface area contributed by atoms with Gasteiger partial charge < -0.3 is 0 Å². The van der Waals surface area contributed by atoms with Gasteiger partial charge in [-0.15, -0.1) is 4.40 Å². The van der Waals surface area contributed by atoms with Crippen LogP contribution >= 0.6 is 11.8 Å². The quantitative estimate of drug-likeness (QED) is 0.839. The standard InChI is InChI=1S/C17H16N2O3S2/c1-2-15-16(20)19(13-9-5-3-6-10-13)17(23-15)18-24(21,22)14-11-7-4-8-12-14/h3-12,15H,2H2,1H3/t15-/m1/s1. The Morgan fingerprint density at radius 1 is 1.04 bits per heavy atom. The smallest absolute Gasteiger partial charge is 0.273 e. The predicted molar refractivity (Wildman–Crippen MR) is 96.7 cm³/mol. The second-order valence-electron chi connectivity index (χ2n) is 5.19. The van der Waals surface area contributed by atoms with Gasteiger partial charge in [-0.25, -0.2) is 0 Å². The van der Waals surface area contributed by atoms with Crippen LogP contribution in [0.4, 0.5) is 5.69 Å². The molecule has 0 saturated carbocycles. The van der Waals surface area contributed by atoms with Crippen LogP contribution < -0.4 is 4.90 Å². The lowest BCUT2D eigenvalue weighted by atomic mass is 10.2. The Kier molecular flexibility index (Phi) is 4.73. The van der Waals surface area contributed by atoms with Crippen molar-refractivity contribution >= 4 is 38.5 Å². The van der Waals surface area contributed by atoms with Crippen molar-refractivity contribution in [2.75, 3.05) is 4.90 Å². The average Bonchev–Trinajstić information content (AvgIpc) is 2.91. The number of nitrogens with zero attached hydrogens (tertiary/aromatic N) is 2. The minimum absolute atomic E-state index is 0.110. The third-order valence-corrected chi connectivity index (χ3v) is 6.26. The van der Waals surface area contributed by atoms with Crippen molar-refractivity contribution in [2.45, 2.75) is 23.5 Å². The minimum atomic E-state index is -3.87. The van der Waals surface area contributed by atoms with Crippen LogP contribution in [0.2, 0.25) is 0 Å². The highest BCUT2D eigenvalue weighted by Gasteiger charge is 2.39. The third kappa shape index (κ3) is 3.22. The molecule has 1 heterocycles. The molecular formula is C17H16N2O3S2. The Morgan fingerprint density at radius 2 is 1.62 bits per heavy atom. The Morgan fingerprint density at radius 3 is 2.21 bits per heavy atom. The number of carbonyl (C=O) groups excluding carboxylic acids is 1. The molecule has 7 heteroatoms. The van der Waals surface area contributed by atoms with E-state index in [2.05, 4.69) is 4.40 Å². The van der Waals surface area contributed by atoms with Crippen LogP contribution in [0.1, 0.15) is 13.3 Å². The first-order chi connectivity index (χ1) is 11.5. The van der Waals surface area contributed by atoms with Gasteiger partial charge in [-0.2, -0.15) is 8.42 Å². The lowest BCUT2D eigenvalue weighted by Crippen LogP contribution is -2.32. The number of para-hydroxylation sites is 1. The summed E-state index contributed by atoms with van der Waals surface area (Å²) in [6.45, 7) is 1.90. The topological polar surface area (TPSA) is 66.8 Å². The number of thioether (sulfide) groups is 1. The number of hydrogen-bond donors (Lipinski definition) is 0. The Balaban J connectivity index is 2.06. The van der Waals surface area contributed by atoms with E-state index < -0.39 is 10.0 Å². The highest BCUT2D eigenvalue weighted by atomic mass is 32.2. The van der Waals surface area contributed by atoms with E-state index >= 15 is 0 Å². The van der Waals surface area contributed by atoms with E-state index in [9.17, 15) is 13.2 Å². The molecule has 2 aromatic carbocycles. The molecule has 0 aliphatic carbocycles. The number of benzene rings is 2. The van der Waals surface area contributed by atoms with Gasteiger partial charge in [0.25, 0.3) is 10.0 Å². The van der Waals surface area contributed by atoms with E-state index in [4.69, 9.17) is 0 Å². The Labute approximate surface area is 145 Å². The van der Waals surface area contributed by atoms with Gasteiger partial charge in [0.2, 0.25) is 5.91 Å². The molecule has 0 bridgehead atoms. The van der Waals surface area contributed by atoms with E-state index in [0.29, 0.717) is 12.1 Å². The van der Waals surface area contributed by atoms with E-state index in [1.807, 2.05) is 13.0 Å². The first kappa shape index (κ1) is 16.7. The largest absolute Gasteiger partial charge is 0.284 e. The van der Waals surface area contributed by atoms with Crippen LogP contribution in [0.25, 0.3) is 0 Å². The highest BCUT2D eigenvalue weighted by Crippen LogP contribution is 2.34. The summed E-state index contributed by atoms with van der Waals surface area (Å²) in [5.74, 6) is -0.143. The van der Waals surface area contributed by atoms with Crippen LogP contribution in [-0.2, 0) is 14.8 Å². The summed E-state index contributed by atoms with van der Waals surface area (Å²) >= 11 is 1.19. The maximum absolute atomic E-state index is 12.6.